The van der Waals surface area contributed by atoms with Gasteiger partial charge in [-0.25, -0.2) is 15.0 Å². The maximum atomic E-state index is 12.7. The normalized spacial score (nSPS) is 17.6. The van der Waals surface area contributed by atoms with Gasteiger partial charge in [-0.2, -0.15) is 0 Å². The van der Waals surface area contributed by atoms with Crippen LogP contribution in [0.5, 0.6) is 0 Å². The average Bonchev–Trinajstić information content (AvgIpc) is 3.09. The topological polar surface area (TPSA) is 73.1 Å². The van der Waals surface area contributed by atoms with E-state index in [0.717, 1.165) is 16.7 Å². The summed E-state index contributed by atoms with van der Waals surface area (Å²) in [7, 11) is 0. The van der Waals surface area contributed by atoms with Crippen molar-refractivity contribution in [1.82, 2.24) is 24.4 Å². The van der Waals surface area contributed by atoms with Crippen molar-refractivity contribution in [3.63, 3.8) is 0 Å². The largest absolute Gasteiger partial charge is 0.367 e. The molecule has 0 bridgehead atoms. The monoisotopic (exact) mass is 351 g/mol. The molecule has 2 aromatic heterocycles. The number of amides is 1. The van der Waals surface area contributed by atoms with Gasteiger partial charge in [0.15, 0.2) is 5.82 Å². The van der Waals surface area contributed by atoms with Gasteiger partial charge in [-0.15, -0.1) is 0 Å². The van der Waals surface area contributed by atoms with E-state index >= 15 is 0 Å². The number of aryl methyl sites for hydroxylation is 2. The fourth-order valence-electron chi connectivity index (χ4n) is 3.22. The van der Waals surface area contributed by atoms with Crippen LogP contribution in [-0.2, 0) is 16.1 Å². The number of imidazole rings is 1. The lowest BCUT2D eigenvalue weighted by molar-refractivity contribution is -0.139. The van der Waals surface area contributed by atoms with Crippen molar-refractivity contribution < 1.29 is 9.53 Å². The van der Waals surface area contributed by atoms with Gasteiger partial charge in [0.25, 0.3) is 0 Å². The number of rotatable bonds is 4. The summed E-state index contributed by atoms with van der Waals surface area (Å²) in [5, 5.41) is 0. The molecule has 1 aliphatic rings. The maximum Gasteiger partial charge on any atom is 0.224 e. The number of ether oxygens (including phenoxy) is 1. The maximum absolute atomic E-state index is 12.7. The highest BCUT2D eigenvalue weighted by atomic mass is 16.5. The Morgan fingerprint density at radius 2 is 2.15 bits per heavy atom. The first-order chi connectivity index (χ1) is 12.7. The Labute approximate surface area is 151 Å². The molecule has 1 aromatic carbocycles. The Morgan fingerprint density at radius 1 is 1.27 bits per heavy atom. The third-order valence-corrected chi connectivity index (χ3v) is 4.61. The van der Waals surface area contributed by atoms with E-state index in [0.29, 0.717) is 38.5 Å². The van der Waals surface area contributed by atoms with Gasteiger partial charge in [-0.05, 0) is 25.1 Å². The van der Waals surface area contributed by atoms with Gasteiger partial charge in [0.05, 0.1) is 30.5 Å². The molecule has 3 heterocycles. The number of nitrogens with zero attached hydrogens (tertiary/aromatic N) is 5. The molecule has 7 heteroatoms. The van der Waals surface area contributed by atoms with Gasteiger partial charge in [0.2, 0.25) is 5.91 Å². The van der Waals surface area contributed by atoms with Gasteiger partial charge in [-0.1, -0.05) is 12.1 Å². The van der Waals surface area contributed by atoms with Crippen molar-refractivity contribution >= 4 is 16.9 Å². The summed E-state index contributed by atoms with van der Waals surface area (Å²) < 4.78 is 7.80. The molecular weight excluding hydrogens is 330 g/mol. The lowest BCUT2D eigenvalue weighted by Gasteiger charge is -2.32. The Hall–Kier alpha value is -2.80. The van der Waals surface area contributed by atoms with Crippen LogP contribution in [0.4, 0.5) is 0 Å². The summed E-state index contributed by atoms with van der Waals surface area (Å²) in [6, 6.07) is 9.79. The number of hydrogen-bond donors (Lipinski definition) is 0. The van der Waals surface area contributed by atoms with E-state index in [4.69, 9.17) is 4.74 Å². The van der Waals surface area contributed by atoms with Crippen LogP contribution >= 0.6 is 0 Å². The van der Waals surface area contributed by atoms with E-state index in [1.54, 1.807) is 12.5 Å². The predicted molar refractivity (Wildman–Crippen MR) is 96.4 cm³/mol. The highest BCUT2D eigenvalue weighted by Gasteiger charge is 2.27. The molecule has 1 aliphatic heterocycles. The van der Waals surface area contributed by atoms with Crippen molar-refractivity contribution in [2.24, 2.45) is 0 Å². The van der Waals surface area contributed by atoms with Gasteiger partial charge < -0.3 is 14.2 Å². The van der Waals surface area contributed by atoms with Crippen LogP contribution in [0.3, 0.4) is 0 Å². The van der Waals surface area contributed by atoms with Gasteiger partial charge >= 0.3 is 0 Å². The molecule has 4 rings (SSSR count). The smallest absolute Gasteiger partial charge is 0.224 e. The van der Waals surface area contributed by atoms with Crippen LogP contribution < -0.4 is 0 Å². The fourth-order valence-corrected chi connectivity index (χ4v) is 3.22. The van der Waals surface area contributed by atoms with E-state index in [2.05, 4.69) is 15.0 Å². The molecule has 0 radical (unpaired) electrons. The molecule has 0 N–H and O–H groups in total. The quantitative estimate of drug-likeness (QED) is 0.720. The fraction of sp³-hybridized carbons (Fsp3) is 0.368. The minimum absolute atomic E-state index is 0.115. The highest BCUT2D eigenvalue weighted by Crippen LogP contribution is 2.20. The third-order valence-electron chi connectivity index (χ3n) is 4.61. The zero-order chi connectivity index (χ0) is 17.9. The molecule has 1 saturated heterocycles. The number of benzene rings is 1. The molecule has 1 atom stereocenters. The molecule has 26 heavy (non-hydrogen) atoms. The first kappa shape index (κ1) is 16.7. The number of fused-ring (bicyclic) bond motifs is 1. The number of carbonyl (C=O) groups is 1. The number of hydrogen-bond acceptors (Lipinski definition) is 5. The second-order valence-corrected chi connectivity index (χ2v) is 6.43. The van der Waals surface area contributed by atoms with Crippen LogP contribution in [0.25, 0.3) is 11.0 Å². The standard InChI is InChI=1S/C19H21N5O2/c1-14-6-8-20-19(22-14)17-12-23(10-11-26-17)18(25)7-9-24-13-21-15-4-2-3-5-16(15)24/h2-6,8,13,17H,7,9-12H2,1H3/t17-/m0/s1. The molecule has 0 spiro atoms. The van der Waals surface area contributed by atoms with Crippen molar-refractivity contribution in [2.75, 3.05) is 19.7 Å². The Balaban J connectivity index is 1.40. The van der Waals surface area contributed by atoms with E-state index in [9.17, 15) is 4.79 Å². The minimum atomic E-state index is -0.262. The summed E-state index contributed by atoms with van der Waals surface area (Å²) in [5.41, 5.74) is 2.89. The first-order valence-electron chi connectivity index (χ1n) is 8.79. The zero-order valence-electron chi connectivity index (χ0n) is 14.7. The Morgan fingerprint density at radius 3 is 3.04 bits per heavy atom. The lowest BCUT2D eigenvalue weighted by atomic mass is 10.2. The molecule has 7 nitrogen and oxygen atoms in total. The van der Waals surface area contributed by atoms with Gasteiger partial charge in [0, 0.05) is 31.4 Å². The van der Waals surface area contributed by atoms with E-state index in [-0.39, 0.29) is 12.0 Å². The summed E-state index contributed by atoms with van der Waals surface area (Å²) in [6.45, 7) is 4.13. The van der Waals surface area contributed by atoms with Crippen molar-refractivity contribution in [3.05, 3.63) is 54.4 Å². The molecular formula is C19H21N5O2. The van der Waals surface area contributed by atoms with Gasteiger partial charge in [-0.3, -0.25) is 4.79 Å². The number of para-hydroxylation sites is 2. The Kier molecular flexibility index (Phi) is 4.62. The Bertz CT molecular complexity index is 923. The summed E-state index contributed by atoms with van der Waals surface area (Å²) in [6.07, 6.45) is 3.69. The van der Waals surface area contributed by atoms with Crippen LogP contribution in [-0.4, -0.2) is 50.0 Å². The number of morpholine rings is 1. The molecule has 3 aromatic rings. The molecule has 1 amide bonds. The number of carbonyl (C=O) groups excluding carboxylic acids is 1. The SMILES string of the molecule is Cc1ccnc([C@@H]2CN(C(=O)CCn3cnc4ccccc43)CCO2)n1. The summed E-state index contributed by atoms with van der Waals surface area (Å²) in [4.78, 5) is 27.6. The van der Waals surface area contributed by atoms with Crippen LogP contribution in [0.1, 0.15) is 24.0 Å². The van der Waals surface area contributed by atoms with Crippen molar-refractivity contribution in [3.8, 4) is 0 Å². The van der Waals surface area contributed by atoms with Crippen LogP contribution in [0, 0.1) is 6.92 Å². The van der Waals surface area contributed by atoms with Crippen LogP contribution in [0.15, 0.2) is 42.9 Å². The molecule has 1 fully saturated rings. The average molecular weight is 351 g/mol. The highest BCUT2D eigenvalue weighted by molar-refractivity contribution is 5.77. The summed E-state index contributed by atoms with van der Waals surface area (Å²) >= 11 is 0. The second-order valence-electron chi connectivity index (χ2n) is 6.43. The molecule has 0 unspecified atom stereocenters. The molecule has 0 aliphatic carbocycles. The second kappa shape index (κ2) is 7.21. The predicted octanol–water partition coefficient (Wildman–Crippen LogP) is 2.12. The summed E-state index contributed by atoms with van der Waals surface area (Å²) in [5.74, 6) is 0.756. The van der Waals surface area contributed by atoms with Crippen LogP contribution in [0.2, 0.25) is 0 Å². The molecule has 0 saturated carbocycles. The first-order valence-corrected chi connectivity index (χ1v) is 8.79. The third kappa shape index (κ3) is 3.43. The van der Waals surface area contributed by atoms with Crippen molar-refractivity contribution in [1.29, 1.82) is 0 Å². The number of aromatic nitrogens is 4. The zero-order valence-corrected chi connectivity index (χ0v) is 14.7. The van der Waals surface area contributed by atoms with Crippen molar-refractivity contribution in [2.45, 2.75) is 26.0 Å². The lowest BCUT2D eigenvalue weighted by Crippen LogP contribution is -2.43. The molecule has 134 valence electrons. The van der Waals surface area contributed by atoms with E-state index in [1.807, 2.05) is 46.7 Å². The van der Waals surface area contributed by atoms with Gasteiger partial charge in [0.1, 0.15) is 6.10 Å². The van der Waals surface area contributed by atoms with E-state index < -0.39 is 0 Å². The van der Waals surface area contributed by atoms with E-state index in [1.165, 1.54) is 0 Å². The minimum Gasteiger partial charge on any atom is -0.367 e.